The minimum atomic E-state index is 0.431. The van der Waals surface area contributed by atoms with Crippen molar-refractivity contribution in [3.63, 3.8) is 0 Å². The SMILES string of the molecule is Clc1ccc([C@H](c2ccccc2)[N+]23CCN(CC2)CC3)cc1. The molecule has 3 fully saturated rings. The van der Waals surface area contributed by atoms with Crippen LogP contribution in [-0.2, 0) is 0 Å². The Balaban J connectivity index is 1.80. The summed E-state index contributed by atoms with van der Waals surface area (Å²) in [6.45, 7) is 7.46. The fraction of sp³-hybridized carbons (Fsp3) is 0.368. The van der Waals surface area contributed by atoms with Gasteiger partial charge in [0.05, 0.1) is 19.6 Å². The lowest BCUT2D eigenvalue weighted by molar-refractivity contribution is -0.963. The molecule has 2 aromatic carbocycles. The van der Waals surface area contributed by atoms with E-state index in [1.54, 1.807) is 0 Å². The molecule has 2 nitrogen and oxygen atoms in total. The summed E-state index contributed by atoms with van der Waals surface area (Å²) in [5.41, 5.74) is 2.83. The molecule has 0 aromatic heterocycles. The molecule has 2 bridgehead atoms. The summed E-state index contributed by atoms with van der Waals surface area (Å²) in [5, 5.41) is 0.819. The zero-order valence-corrected chi connectivity index (χ0v) is 13.5. The Labute approximate surface area is 137 Å². The number of rotatable bonds is 3. The van der Waals surface area contributed by atoms with Gasteiger partial charge in [0.1, 0.15) is 6.04 Å². The van der Waals surface area contributed by atoms with Gasteiger partial charge in [0, 0.05) is 35.8 Å². The maximum Gasteiger partial charge on any atom is 0.141 e. The predicted octanol–water partition coefficient (Wildman–Crippen LogP) is 3.58. The molecule has 3 heterocycles. The third-order valence-corrected chi connectivity index (χ3v) is 5.69. The van der Waals surface area contributed by atoms with E-state index in [0.717, 1.165) is 5.02 Å². The number of hydrogen-bond acceptors (Lipinski definition) is 1. The maximum absolute atomic E-state index is 6.11. The number of piperazine rings is 3. The van der Waals surface area contributed by atoms with Crippen LogP contribution in [0.3, 0.4) is 0 Å². The molecule has 1 atom stereocenters. The molecule has 114 valence electrons. The van der Waals surface area contributed by atoms with E-state index in [2.05, 4.69) is 47.4 Å². The van der Waals surface area contributed by atoms with Crippen molar-refractivity contribution < 1.29 is 4.48 Å². The van der Waals surface area contributed by atoms with Gasteiger partial charge in [-0.3, -0.25) is 4.90 Å². The highest BCUT2D eigenvalue weighted by Gasteiger charge is 2.45. The zero-order valence-electron chi connectivity index (χ0n) is 12.8. The monoisotopic (exact) mass is 313 g/mol. The predicted molar refractivity (Wildman–Crippen MR) is 91.0 cm³/mol. The van der Waals surface area contributed by atoms with Crippen molar-refractivity contribution in [3.05, 3.63) is 70.7 Å². The van der Waals surface area contributed by atoms with Crippen LogP contribution in [0.25, 0.3) is 0 Å². The van der Waals surface area contributed by atoms with Gasteiger partial charge in [-0.1, -0.05) is 54.1 Å². The summed E-state index contributed by atoms with van der Waals surface area (Å²) in [4.78, 5) is 2.60. The molecule has 3 aliphatic rings. The van der Waals surface area contributed by atoms with Crippen LogP contribution in [0.15, 0.2) is 54.6 Å². The van der Waals surface area contributed by atoms with Gasteiger partial charge in [-0.2, -0.15) is 0 Å². The molecule has 3 saturated heterocycles. The van der Waals surface area contributed by atoms with Crippen molar-refractivity contribution in [1.29, 1.82) is 0 Å². The highest BCUT2D eigenvalue weighted by molar-refractivity contribution is 6.30. The number of benzene rings is 2. The summed E-state index contributed by atoms with van der Waals surface area (Å²) >= 11 is 6.11. The minimum Gasteiger partial charge on any atom is -0.310 e. The van der Waals surface area contributed by atoms with Gasteiger partial charge in [0.2, 0.25) is 0 Å². The van der Waals surface area contributed by atoms with Crippen molar-refractivity contribution in [3.8, 4) is 0 Å². The van der Waals surface area contributed by atoms with Crippen molar-refractivity contribution in [2.75, 3.05) is 39.3 Å². The Morgan fingerprint density at radius 2 is 1.32 bits per heavy atom. The maximum atomic E-state index is 6.11. The first-order valence-electron chi connectivity index (χ1n) is 8.15. The molecular formula is C19H22ClN2+. The number of hydrogen-bond donors (Lipinski definition) is 0. The molecule has 0 saturated carbocycles. The second-order valence-electron chi connectivity index (χ2n) is 6.60. The van der Waals surface area contributed by atoms with Gasteiger partial charge in [-0.05, 0) is 12.1 Å². The van der Waals surface area contributed by atoms with Crippen molar-refractivity contribution in [2.45, 2.75) is 6.04 Å². The van der Waals surface area contributed by atoms with E-state index in [0.29, 0.717) is 6.04 Å². The second kappa shape index (κ2) is 5.69. The van der Waals surface area contributed by atoms with Gasteiger partial charge in [0.25, 0.3) is 0 Å². The highest BCUT2D eigenvalue weighted by atomic mass is 35.5. The summed E-state index contributed by atoms with van der Waals surface area (Å²) < 4.78 is 1.20. The Morgan fingerprint density at radius 3 is 1.91 bits per heavy atom. The largest absolute Gasteiger partial charge is 0.310 e. The molecule has 22 heavy (non-hydrogen) atoms. The lowest BCUT2D eigenvalue weighted by Gasteiger charge is -2.54. The summed E-state index contributed by atoms with van der Waals surface area (Å²) in [6.07, 6.45) is 0. The average Bonchev–Trinajstić information content (AvgIpc) is 2.59. The molecule has 0 N–H and O–H groups in total. The number of halogens is 1. The molecule has 2 aromatic rings. The first kappa shape index (κ1) is 14.3. The van der Waals surface area contributed by atoms with Crippen LogP contribution in [0.2, 0.25) is 5.02 Å². The van der Waals surface area contributed by atoms with Crippen LogP contribution in [-0.4, -0.2) is 48.7 Å². The lowest BCUT2D eigenvalue weighted by Crippen LogP contribution is -2.68. The normalized spacial score (nSPS) is 28.5. The molecule has 5 rings (SSSR count). The minimum absolute atomic E-state index is 0.431. The van der Waals surface area contributed by atoms with E-state index in [1.807, 2.05) is 12.1 Å². The first-order valence-corrected chi connectivity index (χ1v) is 8.53. The van der Waals surface area contributed by atoms with Crippen molar-refractivity contribution in [2.24, 2.45) is 0 Å². The lowest BCUT2D eigenvalue weighted by atomic mass is 9.92. The van der Waals surface area contributed by atoms with Crippen molar-refractivity contribution >= 4 is 11.6 Å². The van der Waals surface area contributed by atoms with E-state index in [4.69, 9.17) is 11.6 Å². The van der Waals surface area contributed by atoms with Gasteiger partial charge in [-0.15, -0.1) is 0 Å². The van der Waals surface area contributed by atoms with E-state index < -0.39 is 0 Å². The number of nitrogens with zero attached hydrogens (tertiary/aromatic N) is 2. The van der Waals surface area contributed by atoms with Crippen LogP contribution in [0.1, 0.15) is 17.2 Å². The van der Waals surface area contributed by atoms with Gasteiger partial charge >= 0.3 is 0 Å². The summed E-state index contributed by atoms with van der Waals surface area (Å²) in [5.74, 6) is 0. The van der Waals surface area contributed by atoms with Crippen molar-refractivity contribution in [1.82, 2.24) is 4.90 Å². The fourth-order valence-corrected chi connectivity index (χ4v) is 4.31. The second-order valence-corrected chi connectivity index (χ2v) is 7.03. The van der Waals surface area contributed by atoms with Crippen LogP contribution in [0.5, 0.6) is 0 Å². The highest BCUT2D eigenvalue weighted by Crippen LogP contribution is 2.38. The van der Waals surface area contributed by atoms with E-state index in [1.165, 1.54) is 54.9 Å². The third-order valence-electron chi connectivity index (χ3n) is 5.43. The standard InChI is InChI=1S/C19H22ClN2/c20-18-8-6-17(7-9-18)19(16-4-2-1-3-5-16)22-13-10-21(11-14-22)12-15-22/h1-9,19H,10-15H2/q+1/t19-/m0/s1. The van der Waals surface area contributed by atoms with Crippen LogP contribution < -0.4 is 0 Å². The van der Waals surface area contributed by atoms with Gasteiger partial charge in [0.15, 0.2) is 0 Å². The van der Waals surface area contributed by atoms with E-state index in [-0.39, 0.29) is 0 Å². The molecule has 0 aliphatic carbocycles. The van der Waals surface area contributed by atoms with E-state index in [9.17, 15) is 0 Å². The third kappa shape index (κ3) is 2.45. The van der Waals surface area contributed by atoms with Crippen LogP contribution in [0.4, 0.5) is 0 Å². The Kier molecular flexibility index (Phi) is 3.69. The topological polar surface area (TPSA) is 3.24 Å². The van der Waals surface area contributed by atoms with Gasteiger partial charge in [-0.25, -0.2) is 0 Å². The first-order chi connectivity index (χ1) is 10.8. The Hall–Kier alpha value is -1.35. The molecule has 0 radical (unpaired) electrons. The Bertz CT molecular complexity index is 616. The fourth-order valence-electron chi connectivity index (χ4n) is 4.19. The van der Waals surface area contributed by atoms with Gasteiger partial charge < -0.3 is 4.48 Å². The van der Waals surface area contributed by atoms with Crippen LogP contribution >= 0.6 is 11.6 Å². The number of quaternary nitrogens is 1. The molecular weight excluding hydrogens is 292 g/mol. The smallest absolute Gasteiger partial charge is 0.141 e. The Morgan fingerprint density at radius 1 is 0.773 bits per heavy atom. The average molecular weight is 314 g/mol. The molecule has 0 spiro atoms. The summed E-state index contributed by atoms with van der Waals surface area (Å²) in [7, 11) is 0. The zero-order chi connectivity index (χ0) is 15.0. The summed E-state index contributed by atoms with van der Waals surface area (Å²) in [6, 6.07) is 19.9. The van der Waals surface area contributed by atoms with E-state index >= 15 is 0 Å². The quantitative estimate of drug-likeness (QED) is 0.783. The molecule has 3 heteroatoms. The van der Waals surface area contributed by atoms with Crippen LogP contribution in [0, 0.1) is 0 Å². The molecule has 3 aliphatic heterocycles. The molecule has 0 amide bonds. The number of fused-ring (bicyclic) bond motifs is 3. The molecule has 0 unspecified atom stereocenters.